The number of urea groups is 1. The number of rotatable bonds is 1. The maximum atomic E-state index is 9.75. The van der Waals surface area contributed by atoms with Crippen LogP contribution in [-0.4, -0.2) is 61.1 Å². The molecule has 0 unspecified atom stereocenters. The number of nitrogens with one attached hydrogen (secondary N) is 1. The number of hydrogen-bond acceptors (Lipinski definition) is 2. The fourth-order valence-corrected chi connectivity index (χ4v) is 1.50. The fourth-order valence-electron chi connectivity index (χ4n) is 1.50. The average molecular weight is 322 g/mol. The predicted octanol–water partition coefficient (Wildman–Crippen LogP) is 2.08. The van der Waals surface area contributed by atoms with Gasteiger partial charge in [-0.2, -0.15) is 4.48 Å². The van der Waals surface area contributed by atoms with E-state index in [9.17, 15) is 17.3 Å². The summed E-state index contributed by atoms with van der Waals surface area (Å²) in [5, 5.41) is 11.0. The molecule has 2 aromatic rings. The quantitative estimate of drug-likeness (QED) is 0.378. The molecule has 0 saturated carbocycles. The zero-order valence-corrected chi connectivity index (χ0v) is 12.6. The second-order valence-corrected chi connectivity index (χ2v) is 5.10. The molecule has 6 nitrogen and oxygen atoms in total. The van der Waals surface area contributed by atoms with E-state index >= 15 is 0 Å². The first-order chi connectivity index (χ1) is 10.0. The molecule has 11 heteroatoms. The smallest absolute Gasteiger partial charge is 0.418 e. The lowest BCUT2D eigenvalue weighted by atomic mass is 10.3. The summed E-state index contributed by atoms with van der Waals surface area (Å²) in [6.45, 7) is 0. The normalized spacial score (nSPS) is 12.8. The highest BCUT2D eigenvalue weighted by Gasteiger charge is 2.32. The SMILES string of the molecule is CNC(=[O+]n1nnc2ccccc21)[N+](C)(C)C.F[B-](F)(F)F. The van der Waals surface area contributed by atoms with Gasteiger partial charge in [-0.15, -0.1) is 5.10 Å². The van der Waals surface area contributed by atoms with E-state index in [0.717, 1.165) is 11.0 Å². The number of carbonyl (C=O) groups excluding carboxylic acids is 1. The zero-order valence-electron chi connectivity index (χ0n) is 12.6. The molecule has 1 aromatic heterocycles. The van der Waals surface area contributed by atoms with Crippen LogP contribution in [0.1, 0.15) is 0 Å². The fraction of sp³-hybridized carbons (Fsp3) is 0.364. The Labute approximate surface area is 124 Å². The molecule has 0 atom stereocenters. The van der Waals surface area contributed by atoms with Gasteiger partial charge < -0.3 is 17.3 Å². The Morgan fingerprint density at radius 2 is 1.73 bits per heavy atom. The summed E-state index contributed by atoms with van der Waals surface area (Å²) in [7, 11) is 1.83. The molecule has 2 amide bonds. The minimum Gasteiger partial charge on any atom is -0.418 e. The topological polar surface area (TPSA) is 54.0 Å². The van der Waals surface area contributed by atoms with Gasteiger partial charge in [0, 0.05) is 16.8 Å². The molecule has 0 aliphatic carbocycles. The number of aromatic nitrogens is 3. The van der Waals surface area contributed by atoms with Crippen LogP contribution in [0.25, 0.3) is 11.0 Å². The maximum Gasteiger partial charge on any atom is 0.673 e. The Balaban J connectivity index is 0.000000422. The lowest BCUT2D eigenvalue weighted by molar-refractivity contribution is -0.793. The molecule has 0 saturated heterocycles. The Morgan fingerprint density at radius 3 is 2.23 bits per heavy atom. The van der Waals surface area contributed by atoms with Crippen molar-refractivity contribution in [3.63, 3.8) is 0 Å². The third kappa shape index (κ3) is 5.68. The van der Waals surface area contributed by atoms with Crippen molar-refractivity contribution in [2.45, 2.75) is 0 Å². The summed E-state index contributed by atoms with van der Waals surface area (Å²) >= 11 is 0. The van der Waals surface area contributed by atoms with Gasteiger partial charge in [0.2, 0.25) is 0 Å². The van der Waals surface area contributed by atoms with Crippen LogP contribution >= 0.6 is 0 Å². The number of para-hydroxylation sites is 1. The van der Waals surface area contributed by atoms with Gasteiger partial charge >= 0.3 is 13.3 Å². The van der Waals surface area contributed by atoms with Gasteiger partial charge in [0.25, 0.3) is 0 Å². The molecule has 1 N–H and O–H groups in total. The van der Waals surface area contributed by atoms with Crippen LogP contribution in [0.5, 0.6) is 0 Å². The van der Waals surface area contributed by atoms with Crippen molar-refractivity contribution >= 4 is 24.3 Å². The van der Waals surface area contributed by atoms with Crippen molar-refractivity contribution in [1.82, 2.24) is 20.5 Å². The molecule has 1 aromatic carbocycles. The lowest BCUT2D eigenvalue weighted by Crippen LogP contribution is -2.47. The van der Waals surface area contributed by atoms with Gasteiger partial charge in [0.1, 0.15) is 10.4 Å². The first kappa shape index (κ1) is 17.9. The molecule has 2 rings (SSSR count). The van der Waals surface area contributed by atoms with Gasteiger partial charge in [-0.05, 0) is 12.1 Å². The Bertz CT molecular complexity index is 644. The minimum absolute atomic E-state index is 0.532. The van der Waals surface area contributed by atoms with Crippen molar-refractivity contribution < 1.29 is 26.3 Å². The summed E-state index contributed by atoms with van der Waals surface area (Å²) in [6.07, 6.45) is 0. The van der Waals surface area contributed by atoms with Crippen molar-refractivity contribution in [1.29, 1.82) is 0 Å². The van der Waals surface area contributed by atoms with E-state index < -0.39 is 7.25 Å². The third-order valence-corrected chi connectivity index (χ3v) is 2.32. The van der Waals surface area contributed by atoms with Crippen molar-refractivity contribution in [3.05, 3.63) is 24.3 Å². The van der Waals surface area contributed by atoms with Crippen LogP contribution in [0, 0.1) is 0 Å². The van der Waals surface area contributed by atoms with E-state index in [4.69, 9.17) is 4.53 Å². The summed E-state index contributed by atoms with van der Waals surface area (Å²) in [4.78, 5) is 1.42. The standard InChI is InChI=1S/C11H17N5O.BF4/c1-12-11(16(2,3)4)17-15-10-8-6-5-7-9(10)13-14-15;2-1(3,4)5/h5-8,12H,1-4H3;/q+2;-1. The Morgan fingerprint density at radius 1 is 1.18 bits per heavy atom. The van der Waals surface area contributed by atoms with E-state index in [0.29, 0.717) is 10.5 Å². The molecule has 0 spiro atoms. The maximum absolute atomic E-state index is 9.75. The van der Waals surface area contributed by atoms with Crippen molar-refractivity contribution in [2.24, 2.45) is 0 Å². The molecule has 0 radical (unpaired) electrons. The number of amides is 2. The first-order valence-corrected chi connectivity index (χ1v) is 6.25. The lowest BCUT2D eigenvalue weighted by Gasteiger charge is -2.13. The second kappa shape index (κ2) is 6.73. The summed E-state index contributed by atoms with van der Waals surface area (Å²) in [5.41, 5.74) is 1.65. The molecule has 0 bridgehead atoms. The number of nitrogens with zero attached hydrogens (tertiary/aromatic N) is 4. The zero-order chi connectivity index (χ0) is 17.0. The monoisotopic (exact) mass is 322 g/mol. The van der Waals surface area contributed by atoms with Gasteiger partial charge in [-0.3, -0.25) is 5.32 Å². The summed E-state index contributed by atoms with van der Waals surface area (Å²) in [6, 6.07) is 8.34. The average Bonchev–Trinajstić information content (AvgIpc) is 2.75. The molecule has 1 heterocycles. The van der Waals surface area contributed by atoms with Crippen LogP contribution in [-0.2, 0) is 0 Å². The first-order valence-electron chi connectivity index (χ1n) is 6.25. The highest BCUT2D eigenvalue weighted by molar-refractivity contribution is 6.50. The van der Waals surface area contributed by atoms with Crippen LogP contribution in [0.15, 0.2) is 24.3 Å². The van der Waals surface area contributed by atoms with E-state index in [1.165, 1.54) is 4.85 Å². The number of benzene rings is 1. The number of halogens is 4. The Kier molecular flexibility index (Phi) is 5.47. The molecule has 22 heavy (non-hydrogen) atoms. The van der Waals surface area contributed by atoms with Crippen LogP contribution in [0.4, 0.5) is 21.8 Å². The third-order valence-electron chi connectivity index (χ3n) is 2.32. The van der Waals surface area contributed by atoms with Gasteiger partial charge in [-0.25, -0.2) is 0 Å². The molecule has 122 valence electrons. The van der Waals surface area contributed by atoms with E-state index in [2.05, 4.69) is 15.6 Å². The number of fused-ring (bicyclic) bond motifs is 1. The van der Waals surface area contributed by atoms with E-state index in [1.807, 2.05) is 52.5 Å². The molecule has 0 aliphatic heterocycles. The van der Waals surface area contributed by atoms with Crippen LogP contribution < -0.4 is 5.32 Å². The Hall–Kier alpha value is -2.17. The summed E-state index contributed by atoms with van der Waals surface area (Å²) < 4.78 is 45.2. The highest BCUT2D eigenvalue weighted by Crippen LogP contribution is 2.11. The van der Waals surface area contributed by atoms with Gasteiger partial charge in [0.15, 0.2) is 5.52 Å². The van der Waals surface area contributed by atoms with E-state index in [1.54, 1.807) is 0 Å². The minimum atomic E-state index is -6.00. The van der Waals surface area contributed by atoms with Crippen LogP contribution in [0.2, 0.25) is 0 Å². The highest BCUT2D eigenvalue weighted by atomic mass is 19.5. The predicted molar refractivity (Wildman–Crippen MR) is 75.6 cm³/mol. The molecular weight excluding hydrogens is 305 g/mol. The van der Waals surface area contributed by atoms with Gasteiger partial charge in [0.05, 0.1) is 21.1 Å². The second-order valence-electron chi connectivity index (χ2n) is 5.10. The number of hydrogen-bond donors (Lipinski definition) is 1. The molecule has 0 fully saturated rings. The van der Waals surface area contributed by atoms with Crippen molar-refractivity contribution in [3.8, 4) is 0 Å². The van der Waals surface area contributed by atoms with Crippen LogP contribution in [0.3, 0.4) is 0 Å². The van der Waals surface area contributed by atoms with Crippen molar-refractivity contribution in [2.75, 3.05) is 28.2 Å². The van der Waals surface area contributed by atoms with Gasteiger partial charge in [-0.1, -0.05) is 12.1 Å². The largest absolute Gasteiger partial charge is 0.673 e. The summed E-state index contributed by atoms with van der Waals surface area (Å²) in [5.74, 6) is 0. The molecule has 0 aliphatic rings. The van der Waals surface area contributed by atoms with E-state index in [-0.39, 0.29) is 0 Å². The number of quaternary nitrogens is 1. The molecular formula is C11H17BF4N5O+.